The summed E-state index contributed by atoms with van der Waals surface area (Å²) in [5.41, 5.74) is 2.11. The summed E-state index contributed by atoms with van der Waals surface area (Å²) in [5, 5.41) is 0. The molecule has 1 heterocycles. The van der Waals surface area contributed by atoms with Crippen LogP contribution in [0.2, 0.25) is 0 Å². The Hall–Kier alpha value is -2.25. The van der Waals surface area contributed by atoms with Crippen LogP contribution in [0, 0.1) is 5.92 Å². The van der Waals surface area contributed by atoms with E-state index in [0.29, 0.717) is 17.4 Å². The van der Waals surface area contributed by atoms with Gasteiger partial charge in [-0.05, 0) is 48.6 Å². The van der Waals surface area contributed by atoms with Crippen molar-refractivity contribution in [2.75, 3.05) is 32.2 Å². The Balaban J connectivity index is 1.66. The quantitative estimate of drug-likeness (QED) is 0.766. The van der Waals surface area contributed by atoms with Crippen molar-refractivity contribution in [1.29, 1.82) is 0 Å². The Morgan fingerprint density at radius 2 is 1.79 bits per heavy atom. The number of rotatable bonds is 7. The molecule has 6 nitrogen and oxygen atoms in total. The molecule has 0 saturated carbocycles. The van der Waals surface area contributed by atoms with Crippen LogP contribution in [0.15, 0.2) is 47.4 Å². The molecular formula is C21H28N2O4S. The van der Waals surface area contributed by atoms with Crippen molar-refractivity contribution in [1.82, 2.24) is 4.72 Å². The third-order valence-corrected chi connectivity index (χ3v) is 6.49. The van der Waals surface area contributed by atoms with Crippen LogP contribution < -0.4 is 19.1 Å². The zero-order chi connectivity index (χ0) is 20.1. The van der Waals surface area contributed by atoms with E-state index in [1.165, 1.54) is 44.9 Å². The predicted octanol–water partition coefficient (Wildman–Crippen LogP) is 3.42. The van der Waals surface area contributed by atoms with Gasteiger partial charge < -0.3 is 14.4 Å². The molecule has 1 saturated heterocycles. The van der Waals surface area contributed by atoms with Crippen molar-refractivity contribution in [3.8, 4) is 11.5 Å². The van der Waals surface area contributed by atoms with E-state index in [9.17, 15) is 8.42 Å². The second kappa shape index (κ2) is 8.84. The Kier molecular flexibility index (Phi) is 6.46. The highest BCUT2D eigenvalue weighted by atomic mass is 32.2. The molecule has 0 amide bonds. The summed E-state index contributed by atoms with van der Waals surface area (Å²) < 4.78 is 38.2. The molecule has 2 aromatic carbocycles. The molecule has 0 aromatic heterocycles. The van der Waals surface area contributed by atoms with Gasteiger partial charge in [0.1, 0.15) is 0 Å². The number of anilines is 1. The number of hydrogen-bond acceptors (Lipinski definition) is 5. The minimum Gasteiger partial charge on any atom is -0.493 e. The first kappa shape index (κ1) is 20.5. The van der Waals surface area contributed by atoms with Crippen LogP contribution >= 0.6 is 0 Å². The van der Waals surface area contributed by atoms with Gasteiger partial charge in [-0.1, -0.05) is 19.1 Å². The number of nitrogens with one attached hydrogen (secondary N) is 1. The first-order chi connectivity index (χ1) is 13.4. The average molecular weight is 405 g/mol. The number of ether oxygens (including phenoxy) is 2. The maximum absolute atomic E-state index is 12.6. The molecule has 0 radical (unpaired) electrons. The third-order valence-electron chi connectivity index (χ3n) is 5.09. The van der Waals surface area contributed by atoms with Gasteiger partial charge >= 0.3 is 0 Å². The molecule has 1 unspecified atom stereocenters. The molecule has 1 atom stereocenters. The third kappa shape index (κ3) is 4.77. The van der Waals surface area contributed by atoms with E-state index in [1.807, 2.05) is 12.1 Å². The van der Waals surface area contributed by atoms with Gasteiger partial charge in [0.2, 0.25) is 10.0 Å². The zero-order valence-corrected chi connectivity index (χ0v) is 17.5. The molecule has 0 bridgehead atoms. The molecular weight excluding hydrogens is 376 g/mol. The monoisotopic (exact) mass is 404 g/mol. The maximum atomic E-state index is 12.6. The number of piperidine rings is 1. The van der Waals surface area contributed by atoms with Gasteiger partial charge in [-0.3, -0.25) is 0 Å². The van der Waals surface area contributed by atoms with E-state index in [4.69, 9.17) is 9.47 Å². The Morgan fingerprint density at radius 3 is 2.43 bits per heavy atom. The highest BCUT2D eigenvalue weighted by Crippen LogP contribution is 2.29. The summed E-state index contributed by atoms with van der Waals surface area (Å²) in [6.07, 6.45) is 2.50. The van der Waals surface area contributed by atoms with Crippen molar-refractivity contribution < 1.29 is 17.9 Å². The fourth-order valence-corrected chi connectivity index (χ4v) is 4.53. The topological polar surface area (TPSA) is 67.9 Å². The minimum absolute atomic E-state index is 0.143. The molecule has 2 aromatic rings. The van der Waals surface area contributed by atoms with Crippen molar-refractivity contribution in [2.24, 2.45) is 5.92 Å². The summed E-state index contributed by atoms with van der Waals surface area (Å²) in [4.78, 5) is 2.54. The molecule has 0 spiro atoms. The number of benzene rings is 2. The van der Waals surface area contributed by atoms with Gasteiger partial charge in [0, 0.05) is 31.4 Å². The molecule has 1 aliphatic heterocycles. The first-order valence-corrected chi connectivity index (χ1v) is 11.0. The number of methoxy groups -OCH3 is 2. The smallest absolute Gasteiger partial charge is 0.241 e. The van der Waals surface area contributed by atoms with E-state index in [2.05, 4.69) is 28.7 Å². The second-order valence-electron chi connectivity index (χ2n) is 7.20. The molecule has 7 heteroatoms. The van der Waals surface area contributed by atoms with Gasteiger partial charge in [-0.2, -0.15) is 0 Å². The van der Waals surface area contributed by atoms with Crippen LogP contribution in [-0.4, -0.2) is 35.7 Å². The Labute approximate surface area is 167 Å². The predicted molar refractivity (Wildman–Crippen MR) is 111 cm³/mol. The largest absolute Gasteiger partial charge is 0.493 e. The van der Waals surface area contributed by atoms with Crippen LogP contribution in [0.5, 0.6) is 11.5 Å². The van der Waals surface area contributed by atoms with Gasteiger partial charge in [-0.25, -0.2) is 13.1 Å². The van der Waals surface area contributed by atoms with Gasteiger partial charge in [0.15, 0.2) is 11.5 Å². The van der Waals surface area contributed by atoms with Crippen molar-refractivity contribution >= 4 is 15.7 Å². The summed E-state index contributed by atoms with van der Waals surface area (Å²) in [6.45, 7) is 4.66. The molecule has 3 rings (SSSR count). The number of sulfonamides is 1. The normalized spacial score (nSPS) is 17.4. The molecule has 1 N–H and O–H groups in total. The molecule has 28 heavy (non-hydrogen) atoms. The van der Waals surface area contributed by atoms with E-state index in [0.717, 1.165) is 18.7 Å². The molecule has 0 aliphatic carbocycles. The maximum Gasteiger partial charge on any atom is 0.241 e. The van der Waals surface area contributed by atoms with Crippen LogP contribution in [0.25, 0.3) is 0 Å². The lowest BCUT2D eigenvalue weighted by molar-refractivity contribution is 0.354. The number of hydrogen-bond donors (Lipinski definition) is 1. The summed E-state index contributed by atoms with van der Waals surface area (Å²) in [6, 6.07) is 12.6. The standard InChI is InChI=1S/C21H28N2O4S/c1-16-5-4-12-23(15-16)18-8-6-17(7-9-18)14-22-28(24,25)19-10-11-20(26-2)21(13-19)27-3/h6-11,13,16,22H,4-5,12,14-15H2,1-3H3. The summed E-state index contributed by atoms with van der Waals surface area (Å²) in [5.74, 6) is 1.58. The lowest BCUT2D eigenvalue weighted by atomic mass is 9.99. The van der Waals surface area contributed by atoms with Gasteiger partial charge in [0.25, 0.3) is 0 Å². The van der Waals surface area contributed by atoms with Crippen molar-refractivity contribution in [2.45, 2.75) is 31.2 Å². The van der Waals surface area contributed by atoms with Crippen LogP contribution in [0.4, 0.5) is 5.69 Å². The highest BCUT2D eigenvalue weighted by molar-refractivity contribution is 7.89. The van der Waals surface area contributed by atoms with Crippen LogP contribution in [0.1, 0.15) is 25.3 Å². The van der Waals surface area contributed by atoms with Crippen LogP contribution in [-0.2, 0) is 16.6 Å². The molecule has 1 fully saturated rings. The summed E-state index contributed by atoms with van der Waals surface area (Å²) >= 11 is 0. The lowest BCUT2D eigenvalue weighted by Gasteiger charge is -2.32. The molecule has 152 valence electrons. The summed E-state index contributed by atoms with van der Waals surface area (Å²) in [7, 11) is -0.659. The van der Waals surface area contributed by atoms with Crippen molar-refractivity contribution in [3.63, 3.8) is 0 Å². The van der Waals surface area contributed by atoms with E-state index in [1.54, 1.807) is 6.07 Å². The Bertz CT molecular complexity index is 897. The van der Waals surface area contributed by atoms with Gasteiger partial charge in [0.05, 0.1) is 19.1 Å². The number of nitrogens with zero attached hydrogens (tertiary/aromatic N) is 1. The lowest BCUT2D eigenvalue weighted by Crippen LogP contribution is -2.34. The minimum atomic E-state index is -3.65. The average Bonchev–Trinajstić information content (AvgIpc) is 2.72. The highest BCUT2D eigenvalue weighted by Gasteiger charge is 2.18. The van der Waals surface area contributed by atoms with E-state index in [-0.39, 0.29) is 11.4 Å². The van der Waals surface area contributed by atoms with E-state index >= 15 is 0 Å². The van der Waals surface area contributed by atoms with Crippen LogP contribution in [0.3, 0.4) is 0 Å². The van der Waals surface area contributed by atoms with E-state index < -0.39 is 10.0 Å². The zero-order valence-electron chi connectivity index (χ0n) is 16.6. The second-order valence-corrected chi connectivity index (χ2v) is 8.97. The molecule has 1 aliphatic rings. The fraction of sp³-hybridized carbons (Fsp3) is 0.429. The fourth-order valence-electron chi connectivity index (χ4n) is 3.49. The SMILES string of the molecule is COc1ccc(S(=O)(=O)NCc2ccc(N3CCCC(C)C3)cc2)cc1OC. The first-order valence-electron chi connectivity index (χ1n) is 9.48. The van der Waals surface area contributed by atoms with Crippen molar-refractivity contribution in [3.05, 3.63) is 48.0 Å². The van der Waals surface area contributed by atoms with Gasteiger partial charge in [-0.15, -0.1) is 0 Å². The Morgan fingerprint density at radius 1 is 1.07 bits per heavy atom.